The van der Waals surface area contributed by atoms with Crippen LogP contribution in [-0.2, 0) is 24.2 Å². The first-order valence-corrected chi connectivity index (χ1v) is 12.8. The Morgan fingerprint density at radius 2 is 1.75 bits per heavy atom. The second-order valence-electron chi connectivity index (χ2n) is 9.77. The van der Waals surface area contributed by atoms with Crippen LogP contribution in [0.2, 0.25) is 0 Å². The number of methoxy groups -OCH3 is 3. The summed E-state index contributed by atoms with van der Waals surface area (Å²) in [7, 11) is 5.04. The van der Waals surface area contributed by atoms with E-state index in [1.165, 1.54) is 11.1 Å². The molecule has 2 heterocycles. The summed E-state index contributed by atoms with van der Waals surface area (Å²) >= 11 is 0. The van der Waals surface area contributed by atoms with Crippen LogP contribution in [0, 0.1) is 5.92 Å². The highest BCUT2D eigenvalue weighted by Crippen LogP contribution is 2.35. The van der Waals surface area contributed by atoms with Crippen molar-refractivity contribution in [1.29, 1.82) is 0 Å². The number of carbonyl (C=O) groups excluding carboxylic acids is 1. The Balaban J connectivity index is 1.22. The van der Waals surface area contributed by atoms with Crippen LogP contribution in [0.15, 0.2) is 48.8 Å². The van der Waals surface area contributed by atoms with E-state index in [-0.39, 0.29) is 11.8 Å². The van der Waals surface area contributed by atoms with Crippen molar-refractivity contribution in [1.82, 2.24) is 14.5 Å². The van der Waals surface area contributed by atoms with E-state index in [1.54, 1.807) is 21.3 Å². The Hall–Kier alpha value is -3.48. The molecule has 190 valence electrons. The van der Waals surface area contributed by atoms with Crippen LogP contribution in [-0.4, -0.2) is 54.8 Å². The lowest BCUT2D eigenvalue weighted by atomic mass is 9.82. The summed E-state index contributed by atoms with van der Waals surface area (Å²) in [6, 6.07) is 12.1. The molecule has 0 radical (unpaired) electrons. The third-order valence-electron chi connectivity index (χ3n) is 7.70. The SMILES string of the molecule is COc1cc(Cn2ccnc2C2CCN(C(=O)C3CCc4cccc(OC)c4C3)CC2)cc(OC)c1. The molecule has 1 atom stereocenters. The number of carbonyl (C=O) groups is 1. The number of benzene rings is 2. The molecule has 1 saturated heterocycles. The maximum absolute atomic E-state index is 13.4. The Morgan fingerprint density at radius 1 is 1.00 bits per heavy atom. The summed E-state index contributed by atoms with van der Waals surface area (Å²) in [5, 5.41) is 0. The van der Waals surface area contributed by atoms with Crippen molar-refractivity contribution in [2.24, 2.45) is 5.92 Å². The molecule has 1 aliphatic carbocycles. The maximum Gasteiger partial charge on any atom is 0.226 e. The van der Waals surface area contributed by atoms with Crippen molar-refractivity contribution < 1.29 is 19.0 Å². The third-order valence-corrected chi connectivity index (χ3v) is 7.70. The van der Waals surface area contributed by atoms with Gasteiger partial charge in [-0.2, -0.15) is 0 Å². The molecule has 5 rings (SSSR count). The number of nitrogens with zero attached hydrogens (tertiary/aromatic N) is 3. The van der Waals surface area contributed by atoms with Gasteiger partial charge < -0.3 is 23.7 Å². The Kier molecular flexibility index (Phi) is 7.16. The monoisotopic (exact) mass is 489 g/mol. The van der Waals surface area contributed by atoms with Gasteiger partial charge in [-0.05, 0) is 67.0 Å². The number of piperidine rings is 1. The number of likely N-dealkylation sites (tertiary alicyclic amines) is 1. The number of fused-ring (bicyclic) bond motifs is 1. The summed E-state index contributed by atoms with van der Waals surface area (Å²) in [5.74, 6) is 4.21. The van der Waals surface area contributed by atoms with Crippen LogP contribution >= 0.6 is 0 Å². The number of aryl methyl sites for hydroxylation is 1. The van der Waals surface area contributed by atoms with E-state index in [0.29, 0.717) is 12.5 Å². The molecule has 0 N–H and O–H groups in total. The van der Waals surface area contributed by atoms with Crippen molar-refractivity contribution in [2.45, 2.75) is 44.6 Å². The van der Waals surface area contributed by atoms with E-state index < -0.39 is 0 Å². The second-order valence-corrected chi connectivity index (χ2v) is 9.77. The summed E-state index contributed by atoms with van der Waals surface area (Å²) in [6.07, 6.45) is 8.38. The Morgan fingerprint density at radius 3 is 2.44 bits per heavy atom. The predicted octanol–water partition coefficient (Wildman–Crippen LogP) is 4.47. The molecule has 1 amide bonds. The first kappa shape index (κ1) is 24.2. The molecule has 0 saturated carbocycles. The van der Waals surface area contributed by atoms with E-state index in [9.17, 15) is 4.79 Å². The topological polar surface area (TPSA) is 65.8 Å². The number of aromatic nitrogens is 2. The molecule has 36 heavy (non-hydrogen) atoms. The molecule has 7 heteroatoms. The fraction of sp³-hybridized carbons (Fsp3) is 0.448. The average Bonchev–Trinajstić information content (AvgIpc) is 3.39. The largest absolute Gasteiger partial charge is 0.497 e. The second kappa shape index (κ2) is 10.6. The number of imidazole rings is 1. The van der Waals surface area contributed by atoms with Crippen molar-refractivity contribution in [3.8, 4) is 17.2 Å². The minimum absolute atomic E-state index is 0.0374. The lowest BCUT2D eigenvalue weighted by Crippen LogP contribution is -2.43. The van der Waals surface area contributed by atoms with Crippen LogP contribution in [0.4, 0.5) is 0 Å². The summed E-state index contributed by atoms with van der Waals surface area (Å²) in [6.45, 7) is 2.25. The molecule has 0 spiro atoms. The predicted molar refractivity (Wildman–Crippen MR) is 138 cm³/mol. The van der Waals surface area contributed by atoms with Crippen LogP contribution in [0.25, 0.3) is 0 Å². The number of rotatable bonds is 7. The molecule has 1 fully saturated rings. The number of hydrogen-bond donors (Lipinski definition) is 0. The maximum atomic E-state index is 13.4. The van der Waals surface area contributed by atoms with Crippen LogP contribution in [0.3, 0.4) is 0 Å². The van der Waals surface area contributed by atoms with E-state index in [0.717, 1.165) is 73.8 Å². The molecule has 2 aromatic carbocycles. The minimum Gasteiger partial charge on any atom is -0.497 e. The van der Waals surface area contributed by atoms with E-state index in [2.05, 4.69) is 15.5 Å². The Bertz CT molecular complexity index is 1180. The summed E-state index contributed by atoms with van der Waals surface area (Å²) in [5.41, 5.74) is 3.62. The van der Waals surface area contributed by atoms with Gasteiger partial charge in [-0.15, -0.1) is 0 Å². The quantitative estimate of drug-likeness (QED) is 0.490. The molecule has 3 aromatic rings. The van der Waals surface area contributed by atoms with Gasteiger partial charge in [0.25, 0.3) is 0 Å². The first-order chi connectivity index (χ1) is 17.6. The normalized spacial score (nSPS) is 18.0. The minimum atomic E-state index is 0.0374. The molecule has 1 unspecified atom stereocenters. The summed E-state index contributed by atoms with van der Waals surface area (Å²) in [4.78, 5) is 20.2. The number of hydrogen-bond acceptors (Lipinski definition) is 5. The molecule has 1 aromatic heterocycles. The molecule has 7 nitrogen and oxygen atoms in total. The molecule has 0 bridgehead atoms. The van der Waals surface area contributed by atoms with Crippen LogP contribution in [0.5, 0.6) is 17.2 Å². The molecule has 1 aliphatic heterocycles. The molecular formula is C29H35N3O4. The zero-order valence-corrected chi connectivity index (χ0v) is 21.4. The lowest BCUT2D eigenvalue weighted by molar-refractivity contribution is -0.137. The van der Waals surface area contributed by atoms with E-state index in [1.807, 2.05) is 42.7 Å². The van der Waals surface area contributed by atoms with Crippen molar-refractivity contribution >= 4 is 5.91 Å². The fourth-order valence-electron chi connectivity index (χ4n) is 5.74. The molecule has 2 aliphatic rings. The zero-order valence-electron chi connectivity index (χ0n) is 21.4. The highest BCUT2D eigenvalue weighted by Gasteiger charge is 2.33. The number of ether oxygens (including phenoxy) is 3. The average molecular weight is 490 g/mol. The van der Waals surface area contributed by atoms with Gasteiger partial charge in [-0.1, -0.05) is 12.1 Å². The summed E-state index contributed by atoms with van der Waals surface area (Å²) < 4.78 is 18.6. The first-order valence-electron chi connectivity index (χ1n) is 12.8. The Labute approximate surface area is 213 Å². The smallest absolute Gasteiger partial charge is 0.226 e. The van der Waals surface area contributed by atoms with Gasteiger partial charge in [-0.25, -0.2) is 4.98 Å². The van der Waals surface area contributed by atoms with Crippen LogP contribution in [0.1, 0.15) is 47.7 Å². The lowest BCUT2D eigenvalue weighted by Gasteiger charge is -2.35. The van der Waals surface area contributed by atoms with E-state index in [4.69, 9.17) is 19.2 Å². The van der Waals surface area contributed by atoms with Crippen LogP contribution < -0.4 is 14.2 Å². The van der Waals surface area contributed by atoms with Crippen molar-refractivity contribution in [3.05, 3.63) is 71.3 Å². The van der Waals surface area contributed by atoms with Gasteiger partial charge >= 0.3 is 0 Å². The third kappa shape index (κ3) is 4.92. The van der Waals surface area contributed by atoms with Crippen molar-refractivity contribution in [3.63, 3.8) is 0 Å². The standard InChI is InChI=1S/C29H35N3O4/c1-34-24-15-20(16-25(18-24)35-2)19-32-14-11-30-28(32)22-9-12-31(13-10-22)29(33)23-8-7-21-5-4-6-27(36-3)26(21)17-23/h4-6,11,14-16,18,22-23H,7-10,12-13,17,19H2,1-3H3. The van der Waals surface area contributed by atoms with Gasteiger partial charge in [0, 0.05) is 49.9 Å². The van der Waals surface area contributed by atoms with Gasteiger partial charge in [-0.3, -0.25) is 4.79 Å². The fourth-order valence-corrected chi connectivity index (χ4v) is 5.74. The van der Waals surface area contributed by atoms with Gasteiger partial charge in [0.1, 0.15) is 23.1 Å². The molecular weight excluding hydrogens is 454 g/mol. The number of amides is 1. The van der Waals surface area contributed by atoms with Crippen molar-refractivity contribution in [2.75, 3.05) is 34.4 Å². The van der Waals surface area contributed by atoms with E-state index >= 15 is 0 Å². The van der Waals surface area contributed by atoms with Gasteiger partial charge in [0.2, 0.25) is 5.91 Å². The van der Waals surface area contributed by atoms with Gasteiger partial charge in [0.15, 0.2) is 0 Å². The van der Waals surface area contributed by atoms with Gasteiger partial charge in [0.05, 0.1) is 21.3 Å². The highest BCUT2D eigenvalue weighted by molar-refractivity contribution is 5.80. The zero-order chi connectivity index (χ0) is 25.1. The highest BCUT2D eigenvalue weighted by atomic mass is 16.5.